The van der Waals surface area contributed by atoms with Crippen LogP contribution in [0.1, 0.15) is 12.2 Å². The molecule has 118 valence electrons. The monoisotopic (exact) mass is 297 g/mol. The molecule has 0 spiro atoms. The first-order valence-electron chi connectivity index (χ1n) is 7.22. The minimum absolute atomic E-state index is 0.00309. The number of carbonyl (C=O) groups excluding carboxylic acids is 1. The molecule has 21 heavy (non-hydrogen) atoms. The number of morpholine rings is 1. The molecule has 1 N–H and O–H groups in total. The first-order chi connectivity index (χ1) is 10.3. The molecule has 8 heteroatoms. The van der Waals surface area contributed by atoms with Crippen LogP contribution < -0.4 is 5.32 Å². The molecule has 1 saturated heterocycles. The van der Waals surface area contributed by atoms with E-state index in [1.165, 1.54) is 0 Å². The fourth-order valence-corrected chi connectivity index (χ4v) is 2.18. The van der Waals surface area contributed by atoms with Crippen LogP contribution in [0.5, 0.6) is 0 Å². The summed E-state index contributed by atoms with van der Waals surface area (Å²) in [6.07, 6.45) is 2.57. The Hall–Kier alpha value is -1.51. The van der Waals surface area contributed by atoms with Gasteiger partial charge in [-0.05, 0) is 6.42 Å². The van der Waals surface area contributed by atoms with Crippen molar-refractivity contribution in [1.82, 2.24) is 25.0 Å². The van der Waals surface area contributed by atoms with Crippen molar-refractivity contribution in [1.29, 1.82) is 0 Å². The smallest absolute Gasteiger partial charge is 0.234 e. The Kier molecular flexibility index (Phi) is 6.58. The van der Waals surface area contributed by atoms with Gasteiger partial charge in [0.1, 0.15) is 6.33 Å². The van der Waals surface area contributed by atoms with Gasteiger partial charge >= 0.3 is 0 Å². The Morgan fingerprint density at radius 1 is 1.48 bits per heavy atom. The summed E-state index contributed by atoms with van der Waals surface area (Å²) < 4.78 is 12.2. The molecule has 8 nitrogen and oxygen atoms in total. The van der Waals surface area contributed by atoms with Crippen molar-refractivity contribution in [2.75, 3.05) is 46.6 Å². The van der Waals surface area contributed by atoms with E-state index < -0.39 is 0 Å². The van der Waals surface area contributed by atoms with Crippen molar-refractivity contribution < 1.29 is 14.3 Å². The molecular weight excluding hydrogens is 274 g/mol. The Balaban J connectivity index is 1.71. The van der Waals surface area contributed by atoms with E-state index in [9.17, 15) is 4.79 Å². The van der Waals surface area contributed by atoms with Crippen LogP contribution in [0.25, 0.3) is 0 Å². The van der Waals surface area contributed by atoms with E-state index in [-0.39, 0.29) is 5.91 Å². The summed E-state index contributed by atoms with van der Waals surface area (Å²) in [5.74, 6) is 0.768. The van der Waals surface area contributed by atoms with Gasteiger partial charge in [0.05, 0.1) is 26.3 Å². The number of aryl methyl sites for hydroxylation is 1. The minimum atomic E-state index is 0.00309. The maximum Gasteiger partial charge on any atom is 0.234 e. The highest BCUT2D eigenvalue weighted by Gasteiger charge is 2.14. The second-order valence-corrected chi connectivity index (χ2v) is 4.95. The van der Waals surface area contributed by atoms with Gasteiger partial charge in [0.15, 0.2) is 5.82 Å². The molecule has 0 aromatic carbocycles. The molecule has 0 bridgehead atoms. The first-order valence-corrected chi connectivity index (χ1v) is 7.22. The van der Waals surface area contributed by atoms with Crippen LogP contribution in [0.3, 0.4) is 0 Å². The molecule has 0 unspecified atom stereocenters. The number of methoxy groups -OCH3 is 1. The number of nitrogens with zero attached hydrogens (tertiary/aromatic N) is 4. The number of aromatic nitrogens is 3. The zero-order valence-corrected chi connectivity index (χ0v) is 12.5. The molecule has 1 aliphatic rings. The minimum Gasteiger partial charge on any atom is -0.385 e. The van der Waals surface area contributed by atoms with Crippen LogP contribution in [0.15, 0.2) is 6.33 Å². The van der Waals surface area contributed by atoms with E-state index in [4.69, 9.17) is 9.47 Å². The van der Waals surface area contributed by atoms with Crippen molar-refractivity contribution in [2.24, 2.45) is 0 Å². The van der Waals surface area contributed by atoms with Gasteiger partial charge in [0.25, 0.3) is 0 Å². The highest BCUT2D eigenvalue weighted by molar-refractivity contribution is 5.77. The van der Waals surface area contributed by atoms with Gasteiger partial charge in [-0.3, -0.25) is 9.69 Å². The molecular formula is C13H23N5O3. The molecule has 1 aromatic rings. The van der Waals surface area contributed by atoms with Crippen LogP contribution >= 0.6 is 0 Å². The van der Waals surface area contributed by atoms with Crippen molar-refractivity contribution >= 4 is 5.91 Å². The van der Waals surface area contributed by atoms with Crippen molar-refractivity contribution in [3.05, 3.63) is 12.2 Å². The predicted molar refractivity (Wildman–Crippen MR) is 75.6 cm³/mol. The molecule has 1 aromatic heterocycles. The van der Waals surface area contributed by atoms with Gasteiger partial charge < -0.3 is 19.4 Å². The summed E-state index contributed by atoms with van der Waals surface area (Å²) in [6.45, 7) is 5.29. The molecule has 0 saturated carbocycles. The highest BCUT2D eigenvalue weighted by Crippen LogP contribution is 1.99. The first kappa shape index (κ1) is 15.9. The average molecular weight is 297 g/mol. The standard InChI is InChI=1S/C13H23N5O3/c1-20-6-2-3-18-11-15-16-12(18)9-14-13(19)10-17-4-7-21-8-5-17/h11H,2-10H2,1H3,(H,14,19). The summed E-state index contributed by atoms with van der Waals surface area (Å²) >= 11 is 0. The van der Waals surface area contributed by atoms with Crippen LogP contribution in [-0.2, 0) is 27.4 Å². The summed E-state index contributed by atoms with van der Waals surface area (Å²) in [6, 6.07) is 0. The molecule has 1 amide bonds. The van der Waals surface area contributed by atoms with E-state index in [0.717, 1.165) is 31.9 Å². The lowest BCUT2D eigenvalue weighted by molar-refractivity contribution is -0.123. The van der Waals surface area contributed by atoms with Gasteiger partial charge in [0.2, 0.25) is 5.91 Å². The van der Waals surface area contributed by atoms with Crippen LogP contribution in [-0.4, -0.2) is 72.1 Å². The quantitative estimate of drug-likeness (QED) is 0.637. The molecule has 2 rings (SSSR count). The molecule has 1 fully saturated rings. The third-order valence-corrected chi connectivity index (χ3v) is 3.36. The lowest BCUT2D eigenvalue weighted by atomic mass is 10.4. The van der Waals surface area contributed by atoms with Gasteiger partial charge in [-0.15, -0.1) is 10.2 Å². The van der Waals surface area contributed by atoms with Crippen LogP contribution in [0.2, 0.25) is 0 Å². The molecule has 0 radical (unpaired) electrons. The third kappa shape index (κ3) is 5.41. The van der Waals surface area contributed by atoms with Crippen molar-refractivity contribution in [3.8, 4) is 0 Å². The SMILES string of the molecule is COCCCn1cnnc1CNC(=O)CN1CCOCC1. The maximum absolute atomic E-state index is 11.9. The number of ether oxygens (including phenoxy) is 2. The number of hydrogen-bond acceptors (Lipinski definition) is 6. The Morgan fingerprint density at radius 2 is 2.29 bits per heavy atom. The summed E-state index contributed by atoms with van der Waals surface area (Å²) in [5.41, 5.74) is 0. The second-order valence-electron chi connectivity index (χ2n) is 4.95. The van der Waals surface area contributed by atoms with Gasteiger partial charge in [0, 0.05) is 33.4 Å². The third-order valence-electron chi connectivity index (χ3n) is 3.36. The molecule has 1 aliphatic heterocycles. The molecule has 0 aliphatic carbocycles. The Morgan fingerprint density at radius 3 is 3.05 bits per heavy atom. The highest BCUT2D eigenvalue weighted by atomic mass is 16.5. The Bertz CT molecular complexity index is 431. The van der Waals surface area contributed by atoms with Gasteiger partial charge in [-0.25, -0.2) is 0 Å². The van der Waals surface area contributed by atoms with E-state index in [0.29, 0.717) is 32.9 Å². The lowest BCUT2D eigenvalue weighted by Crippen LogP contribution is -2.43. The number of carbonyl (C=O) groups is 1. The number of hydrogen-bond donors (Lipinski definition) is 1. The maximum atomic E-state index is 11.9. The summed E-state index contributed by atoms with van der Waals surface area (Å²) in [4.78, 5) is 14.0. The Labute approximate surface area is 124 Å². The predicted octanol–water partition coefficient (Wildman–Crippen LogP) is -0.737. The molecule has 0 atom stereocenters. The number of rotatable bonds is 8. The van der Waals surface area contributed by atoms with Crippen molar-refractivity contribution in [3.63, 3.8) is 0 Å². The van der Waals surface area contributed by atoms with Crippen LogP contribution in [0, 0.1) is 0 Å². The van der Waals surface area contributed by atoms with E-state index in [2.05, 4.69) is 20.4 Å². The topological polar surface area (TPSA) is 81.5 Å². The lowest BCUT2D eigenvalue weighted by Gasteiger charge is -2.25. The van der Waals surface area contributed by atoms with E-state index in [1.807, 2.05) is 4.57 Å². The van der Waals surface area contributed by atoms with Crippen molar-refractivity contribution in [2.45, 2.75) is 19.5 Å². The fraction of sp³-hybridized carbons (Fsp3) is 0.769. The summed E-state index contributed by atoms with van der Waals surface area (Å²) in [7, 11) is 1.68. The van der Waals surface area contributed by atoms with Gasteiger partial charge in [-0.1, -0.05) is 0 Å². The van der Waals surface area contributed by atoms with E-state index in [1.54, 1.807) is 13.4 Å². The van der Waals surface area contributed by atoms with Gasteiger partial charge in [-0.2, -0.15) is 0 Å². The summed E-state index contributed by atoms with van der Waals surface area (Å²) in [5, 5.41) is 10.8. The number of amides is 1. The van der Waals surface area contributed by atoms with Crippen LogP contribution in [0.4, 0.5) is 0 Å². The largest absolute Gasteiger partial charge is 0.385 e. The zero-order valence-electron chi connectivity index (χ0n) is 12.5. The normalized spacial score (nSPS) is 16.0. The number of nitrogens with one attached hydrogen (secondary N) is 1. The second kappa shape index (κ2) is 8.71. The average Bonchev–Trinajstić information content (AvgIpc) is 2.94. The van der Waals surface area contributed by atoms with E-state index >= 15 is 0 Å². The molecule has 2 heterocycles. The zero-order chi connectivity index (χ0) is 14.9. The fourth-order valence-electron chi connectivity index (χ4n) is 2.18.